The van der Waals surface area contributed by atoms with E-state index in [1.54, 1.807) is 35.7 Å². The molecule has 0 aliphatic heterocycles. The van der Waals surface area contributed by atoms with E-state index in [1.807, 2.05) is 0 Å². The zero-order valence-corrected chi connectivity index (χ0v) is 21.0. The van der Waals surface area contributed by atoms with Crippen LogP contribution in [0.1, 0.15) is 60.4 Å². The van der Waals surface area contributed by atoms with Crippen molar-refractivity contribution in [2.75, 3.05) is 10.6 Å². The molecule has 3 aromatic rings. The number of hydrogen-bond donors (Lipinski definition) is 3. The highest BCUT2D eigenvalue weighted by atomic mass is 35.5. The molecule has 2 amide bonds. The zero-order valence-electron chi connectivity index (χ0n) is 20.3. The monoisotopic (exact) mass is 514 g/mol. The number of anilines is 2. The Bertz CT molecular complexity index is 1340. The van der Waals surface area contributed by atoms with Crippen molar-refractivity contribution in [3.8, 4) is 0 Å². The lowest BCUT2D eigenvalue weighted by Gasteiger charge is -2.24. The number of aliphatic hydroxyl groups is 1. The molecular weight excluding hydrogens is 487 g/mol. The number of amides is 2. The second-order valence-electron chi connectivity index (χ2n) is 10.0. The first-order valence-electron chi connectivity index (χ1n) is 11.9. The minimum Gasteiger partial charge on any atom is -0.384 e. The Morgan fingerprint density at radius 2 is 1.86 bits per heavy atom. The molecule has 2 aliphatic rings. The van der Waals surface area contributed by atoms with Gasteiger partial charge in [-0.05, 0) is 55.7 Å². The maximum absolute atomic E-state index is 13.5. The van der Waals surface area contributed by atoms with Crippen LogP contribution in [0.25, 0.3) is 0 Å². The third kappa shape index (κ3) is 4.39. The van der Waals surface area contributed by atoms with Crippen molar-refractivity contribution >= 4 is 34.9 Å². The summed E-state index contributed by atoms with van der Waals surface area (Å²) in [7, 11) is 3.54. The number of halogens is 2. The number of nitrogens with zero attached hydrogens (tertiary/aromatic N) is 4. The molecule has 190 valence electrons. The Hall–Kier alpha value is -3.24. The summed E-state index contributed by atoms with van der Waals surface area (Å²) in [5, 5.41) is 21.2. The van der Waals surface area contributed by atoms with E-state index in [1.165, 1.54) is 25.1 Å². The Morgan fingerprint density at radius 1 is 1.17 bits per heavy atom. The Kier molecular flexibility index (Phi) is 6.12. The van der Waals surface area contributed by atoms with Crippen molar-refractivity contribution in [2.45, 2.75) is 44.1 Å². The lowest BCUT2D eigenvalue weighted by molar-refractivity contribution is -0.114. The van der Waals surface area contributed by atoms with Gasteiger partial charge in [-0.15, -0.1) is 0 Å². The zero-order chi connectivity index (χ0) is 25.8. The Balaban J connectivity index is 1.31. The first-order chi connectivity index (χ1) is 17.0. The molecule has 0 radical (unpaired) electrons. The first-order valence-corrected chi connectivity index (χ1v) is 12.2. The third-order valence-corrected chi connectivity index (χ3v) is 7.74. The van der Waals surface area contributed by atoms with Gasteiger partial charge in [-0.25, -0.2) is 9.37 Å². The molecule has 0 saturated heterocycles. The van der Waals surface area contributed by atoms with Crippen molar-refractivity contribution in [3.63, 3.8) is 0 Å². The molecule has 2 saturated carbocycles. The van der Waals surface area contributed by atoms with Crippen LogP contribution in [0.15, 0.2) is 30.6 Å². The number of imidazole rings is 1. The minimum atomic E-state index is -1.02. The summed E-state index contributed by atoms with van der Waals surface area (Å²) in [5.41, 5.74) is 1.26. The third-order valence-electron chi connectivity index (χ3n) is 7.45. The molecule has 2 fully saturated rings. The highest BCUT2D eigenvalue weighted by molar-refractivity contribution is 6.31. The summed E-state index contributed by atoms with van der Waals surface area (Å²) in [6.07, 6.45) is 4.41. The van der Waals surface area contributed by atoms with Crippen LogP contribution in [0.4, 0.5) is 15.9 Å². The minimum absolute atomic E-state index is 0.0632. The predicted molar refractivity (Wildman–Crippen MR) is 132 cm³/mol. The number of benzene rings is 1. The highest BCUT2D eigenvalue weighted by Crippen LogP contribution is 2.57. The summed E-state index contributed by atoms with van der Waals surface area (Å²) in [6, 6.07) is 5.79. The molecule has 11 heteroatoms. The van der Waals surface area contributed by atoms with Crippen molar-refractivity contribution in [2.24, 2.45) is 25.9 Å². The van der Waals surface area contributed by atoms with Gasteiger partial charge in [0.15, 0.2) is 5.82 Å². The van der Waals surface area contributed by atoms with E-state index >= 15 is 0 Å². The SMILES string of the molecule is CC(=O)Nc1cc(C2(O)CC3CC(c4ncn(C)c4C(=O)Nc4ccc(F)c(Cl)c4)CC3C2)n(C)n1. The van der Waals surface area contributed by atoms with Crippen LogP contribution < -0.4 is 10.6 Å². The van der Waals surface area contributed by atoms with Crippen molar-refractivity contribution in [1.82, 2.24) is 19.3 Å². The summed E-state index contributed by atoms with van der Waals surface area (Å²) < 4.78 is 16.8. The van der Waals surface area contributed by atoms with Crippen molar-refractivity contribution in [1.29, 1.82) is 0 Å². The fourth-order valence-corrected chi connectivity index (χ4v) is 6.21. The average Bonchev–Trinajstić information content (AvgIpc) is 3.52. The van der Waals surface area contributed by atoms with E-state index in [2.05, 4.69) is 20.7 Å². The largest absolute Gasteiger partial charge is 0.384 e. The smallest absolute Gasteiger partial charge is 0.274 e. The van der Waals surface area contributed by atoms with Gasteiger partial charge in [-0.2, -0.15) is 5.10 Å². The number of aryl methyl sites for hydroxylation is 2. The Labute approximate surface area is 212 Å². The number of nitrogens with one attached hydrogen (secondary N) is 2. The number of fused-ring (bicyclic) bond motifs is 1. The van der Waals surface area contributed by atoms with E-state index in [4.69, 9.17) is 11.6 Å². The van der Waals surface area contributed by atoms with Gasteiger partial charge in [-0.3, -0.25) is 14.3 Å². The van der Waals surface area contributed by atoms with Crippen LogP contribution in [0.5, 0.6) is 0 Å². The quantitative estimate of drug-likeness (QED) is 0.477. The van der Waals surface area contributed by atoms with Crippen LogP contribution in [0, 0.1) is 17.7 Å². The van der Waals surface area contributed by atoms with Gasteiger partial charge in [0.05, 0.1) is 22.7 Å². The second-order valence-corrected chi connectivity index (χ2v) is 10.4. The molecule has 2 atom stereocenters. The highest BCUT2D eigenvalue weighted by Gasteiger charge is 2.51. The maximum Gasteiger partial charge on any atom is 0.274 e. The topological polar surface area (TPSA) is 114 Å². The molecule has 36 heavy (non-hydrogen) atoms. The van der Waals surface area contributed by atoms with E-state index in [9.17, 15) is 19.1 Å². The molecule has 2 unspecified atom stereocenters. The molecule has 1 aromatic carbocycles. The molecule has 2 heterocycles. The summed E-state index contributed by atoms with van der Waals surface area (Å²) in [4.78, 5) is 29.1. The number of hydrogen-bond acceptors (Lipinski definition) is 5. The lowest BCUT2D eigenvalue weighted by Crippen LogP contribution is -2.26. The van der Waals surface area contributed by atoms with Gasteiger partial charge in [0.1, 0.15) is 17.1 Å². The standard InChI is InChI=1S/C25H28ClFN6O3/c1-13(34)29-21-9-20(33(3)31-21)25(36)10-15-6-14(7-16(15)11-25)22-23(32(2)12-28-22)24(35)30-17-4-5-19(27)18(26)8-17/h4-5,8-9,12,14-16,36H,6-7,10-11H2,1-3H3,(H,30,35)(H,29,31,34). The molecule has 2 aliphatic carbocycles. The van der Waals surface area contributed by atoms with Gasteiger partial charge in [-0.1, -0.05) is 11.6 Å². The summed E-state index contributed by atoms with van der Waals surface area (Å²) in [6.45, 7) is 1.42. The van der Waals surface area contributed by atoms with Crippen LogP contribution in [-0.2, 0) is 24.5 Å². The van der Waals surface area contributed by atoms with Crippen LogP contribution in [0.3, 0.4) is 0 Å². The van der Waals surface area contributed by atoms with E-state index in [0.717, 1.165) is 18.5 Å². The van der Waals surface area contributed by atoms with Gasteiger partial charge in [0.25, 0.3) is 5.91 Å². The van der Waals surface area contributed by atoms with Gasteiger partial charge in [0.2, 0.25) is 5.91 Å². The molecule has 3 N–H and O–H groups in total. The molecule has 0 bridgehead atoms. The van der Waals surface area contributed by atoms with E-state index in [0.29, 0.717) is 35.7 Å². The lowest BCUT2D eigenvalue weighted by atomic mass is 9.90. The molecule has 5 rings (SSSR count). The van der Waals surface area contributed by atoms with E-state index in [-0.39, 0.29) is 34.6 Å². The Morgan fingerprint density at radius 3 is 2.50 bits per heavy atom. The van der Waals surface area contributed by atoms with Gasteiger partial charge in [0, 0.05) is 38.7 Å². The molecular formula is C25H28ClFN6O3. The summed E-state index contributed by atoms with van der Waals surface area (Å²) >= 11 is 5.86. The van der Waals surface area contributed by atoms with Crippen molar-refractivity contribution in [3.05, 3.63) is 58.5 Å². The maximum atomic E-state index is 13.5. The second kappa shape index (κ2) is 9.01. The van der Waals surface area contributed by atoms with E-state index < -0.39 is 11.4 Å². The van der Waals surface area contributed by atoms with Gasteiger partial charge < -0.3 is 20.3 Å². The average molecular weight is 515 g/mol. The normalized spacial score (nSPS) is 25.1. The van der Waals surface area contributed by atoms with Crippen LogP contribution >= 0.6 is 11.6 Å². The number of carbonyl (C=O) groups is 2. The molecule has 0 spiro atoms. The van der Waals surface area contributed by atoms with Crippen LogP contribution in [-0.4, -0.2) is 36.3 Å². The molecule has 9 nitrogen and oxygen atoms in total. The number of carbonyl (C=O) groups excluding carboxylic acids is 2. The summed E-state index contributed by atoms with van der Waals surface area (Å²) in [5.74, 6) is -0.0384. The predicted octanol–water partition coefficient (Wildman–Crippen LogP) is 3.95. The fourth-order valence-electron chi connectivity index (χ4n) is 6.03. The fraction of sp³-hybridized carbons (Fsp3) is 0.440. The first kappa shape index (κ1) is 24.5. The van der Waals surface area contributed by atoms with Crippen LogP contribution in [0.2, 0.25) is 5.02 Å². The number of rotatable bonds is 5. The number of aromatic nitrogens is 4. The van der Waals surface area contributed by atoms with Gasteiger partial charge >= 0.3 is 0 Å². The van der Waals surface area contributed by atoms with Crippen molar-refractivity contribution < 1.29 is 19.1 Å². The molecule has 2 aromatic heterocycles.